The summed E-state index contributed by atoms with van der Waals surface area (Å²) in [7, 11) is 1.38. The maximum absolute atomic E-state index is 11.4. The maximum Gasteiger partial charge on any atom is 0.325 e. The van der Waals surface area contributed by atoms with E-state index in [0.717, 1.165) is 17.2 Å². The van der Waals surface area contributed by atoms with Gasteiger partial charge in [-0.3, -0.25) is 9.78 Å². The quantitative estimate of drug-likeness (QED) is 0.742. The van der Waals surface area contributed by atoms with E-state index in [0.29, 0.717) is 0 Å². The molecule has 5 heteroatoms. The Kier molecular flexibility index (Phi) is 4.43. The van der Waals surface area contributed by atoms with Crippen LogP contribution < -0.4 is 4.90 Å². The van der Waals surface area contributed by atoms with Crippen LogP contribution in [-0.2, 0) is 9.53 Å². The molecule has 0 saturated heterocycles. The second kappa shape index (κ2) is 5.61. The number of nitrogens with zero attached hydrogens (tertiary/aromatic N) is 3. The zero-order valence-electron chi connectivity index (χ0n) is 11.0. The second-order valence-electron chi connectivity index (χ2n) is 4.22. The van der Waals surface area contributed by atoms with Gasteiger partial charge in [0.2, 0.25) is 0 Å². The molecule has 0 aromatic carbocycles. The maximum atomic E-state index is 11.4. The predicted octanol–water partition coefficient (Wildman–Crippen LogP) is 1.48. The lowest BCUT2D eigenvalue weighted by molar-refractivity contribution is -0.139. The zero-order valence-corrected chi connectivity index (χ0v) is 11.0. The summed E-state index contributed by atoms with van der Waals surface area (Å²) in [5.41, 5.74) is 1.65. The fraction of sp³-hybridized carbons (Fsp3) is 0.583. The number of anilines is 1. The van der Waals surface area contributed by atoms with Gasteiger partial charge < -0.3 is 9.64 Å². The average Bonchev–Trinajstić information content (AvgIpc) is 2.28. The summed E-state index contributed by atoms with van der Waals surface area (Å²) in [6.07, 6.45) is 1.72. The largest absolute Gasteiger partial charge is 0.468 e. The van der Waals surface area contributed by atoms with Crippen molar-refractivity contribution in [2.45, 2.75) is 33.7 Å². The summed E-state index contributed by atoms with van der Waals surface area (Å²) < 4.78 is 4.69. The summed E-state index contributed by atoms with van der Waals surface area (Å²) >= 11 is 0. The van der Waals surface area contributed by atoms with Gasteiger partial charge in [0.05, 0.1) is 18.5 Å². The normalized spacial score (nSPS) is 10.5. The number of carbonyl (C=O) groups is 1. The van der Waals surface area contributed by atoms with Crippen molar-refractivity contribution in [3.8, 4) is 0 Å². The van der Waals surface area contributed by atoms with E-state index < -0.39 is 0 Å². The molecule has 0 spiro atoms. The first-order chi connectivity index (χ1) is 7.95. The van der Waals surface area contributed by atoms with E-state index in [1.807, 2.05) is 32.6 Å². The second-order valence-corrected chi connectivity index (χ2v) is 4.22. The van der Waals surface area contributed by atoms with E-state index in [1.165, 1.54) is 7.11 Å². The van der Waals surface area contributed by atoms with Crippen molar-refractivity contribution in [3.63, 3.8) is 0 Å². The Labute approximate surface area is 102 Å². The summed E-state index contributed by atoms with van der Waals surface area (Å²) in [5.74, 6) is 0.465. The SMILES string of the molecule is COC(=O)CN(c1nc(C)cnc1C)C(C)C. The van der Waals surface area contributed by atoms with Crippen LogP contribution in [0.1, 0.15) is 25.2 Å². The molecule has 0 unspecified atom stereocenters. The van der Waals surface area contributed by atoms with Crippen molar-refractivity contribution in [2.75, 3.05) is 18.6 Å². The Bertz CT molecular complexity index is 405. The fourth-order valence-corrected chi connectivity index (χ4v) is 1.50. The van der Waals surface area contributed by atoms with E-state index in [2.05, 4.69) is 9.97 Å². The van der Waals surface area contributed by atoms with Crippen LogP contribution in [0.25, 0.3) is 0 Å². The lowest BCUT2D eigenvalue weighted by Crippen LogP contribution is -2.37. The van der Waals surface area contributed by atoms with Crippen LogP contribution in [0.3, 0.4) is 0 Å². The molecule has 1 rings (SSSR count). The highest BCUT2D eigenvalue weighted by molar-refractivity contribution is 5.75. The molecule has 1 heterocycles. The summed E-state index contributed by atoms with van der Waals surface area (Å²) in [4.78, 5) is 22.0. The number of rotatable bonds is 4. The van der Waals surface area contributed by atoms with E-state index in [1.54, 1.807) is 6.20 Å². The van der Waals surface area contributed by atoms with Gasteiger partial charge >= 0.3 is 5.97 Å². The number of hydrogen-bond acceptors (Lipinski definition) is 5. The van der Waals surface area contributed by atoms with E-state index in [9.17, 15) is 4.79 Å². The van der Waals surface area contributed by atoms with Crippen molar-refractivity contribution in [3.05, 3.63) is 17.6 Å². The summed E-state index contributed by atoms with van der Waals surface area (Å²) in [6, 6.07) is 0.156. The van der Waals surface area contributed by atoms with Gasteiger partial charge in [-0.1, -0.05) is 0 Å². The summed E-state index contributed by atoms with van der Waals surface area (Å²) in [6.45, 7) is 7.97. The van der Waals surface area contributed by atoms with Crippen LogP contribution in [-0.4, -0.2) is 35.6 Å². The minimum absolute atomic E-state index is 0.156. The number of esters is 1. The molecule has 0 radical (unpaired) electrons. The van der Waals surface area contributed by atoms with Gasteiger partial charge in [-0.2, -0.15) is 0 Å². The molecular formula is C12H19N3O2. The van der Waals surface area contributed by atoms with Gasteiger partial charge in [-0.05, 0) is 27.7 Å². The monoisotopic (exact) mass is 237 g/mol. The third kappa shape index (κ3) is 3.41. The molecule has 5 nitrogen and oxygen atoms in total. The molecule has 17 heavy (non-hydrogen) atoms. The van der Waals surface area contributed by atoms with Crippen molar-refractivity contribution in [2.24, 2.45) is 0 Å². The van der Waals surface area contributed by atoms with Crippen molar-refractivity contribution in [1.29, 1.82) is 0 Å². The first-order valence-electron chi connectivity index (χ1n) is 5.59. The minimum atomic E-state index is -0.276. The van der Waals surface area contributed by atoms with E-state index in [4.69, 9.17) is 4.74 Å². The molecule has 0 bridgehead atoms. The Balaban J connectivity index is 3.05. The molecule has 0 atom stereocenters. The first-order valence-corrected chi connectivity index (χ1v) is 5.59. The van der Waals surface area contributed by atoms with Crippen molar-refractivity contribution < 1.29 is 9.53 Å². The lowest BCUT2D eigenvalue weighted by atomic mass is 10.3. The van der Waals surface area contributed by atoms with E-state index >= 15 is 0 Å². The smallest absolute Gasteiger partial charge is 0.325 e. The predicted molar refractivity (Wildman–Crippen MR) is 66.0 cm³/mol. The van der Waals surface area contributed by atoms with Crippen molar-refractivity contribution >= 4 is 11.8 Å². The van der Waals surface area contributed by atoms with E-state index in [-0.39, 0.29) is 18.6 Å². The Morgan fingerprint density at radius 3 is 2.65 bits per heavy atom. The number of ether oxygens (including phenoxy) is 1. The Hall–Kier alpha value is -1.65. The molecule has 0 saturated carbocycles. The third-order valence-electron chi connectivity index (χ3n) is 2.47. The molecular weight excluding hydrogens is 218 g/mol. The van der Waals surface area contributed by atoms with Crippen LogP contribution in [0.2, 0.25) is 0 Å². The molecule has 0 aliphatic rings. The highest BCUT2D eigenvalue weighted by atomic mass is 16.5. The summed E-state index contributed by atoms with van der Waals surface area (Å²) in [5, 5.41) is 0. The third-order valence-corrected chi connectivity index (χ3v) is 2.47. The number of methoxy groups -OCH3 is 1. The topological polar surface area (TPSA) is 55.3 Å². The van der Waals surface area contributed by atoms with Crippen LogP contribution in [0, 0.1) is 13.8 Å². The molecule has 0 aliphatic heterocycles. The van der Waals surface area contributed by atoms with Gasteiger partial charge in [-0.15, -0.1) is 0 Å². The van der Waals surface area contributed by atoms with Crippen molar-refractivity contribution in [1.82, 2.24) is 9.97 Å². The number of carbonyl (C=O) groups excluding carboxylic acids is 1. The molecule has 1 aromatic heterocycles. The van der Waals surface area contributed by atoms with Crippen LogP contribution in [0.15, 0.2) is 6.20 Å². The lowest BCUT2D eigenvalue weighted by Gasteiger charge is -2.27. The zero-order chi connectivity index (χ0) is 13.0. The molecule has 0 fully saturated rings. The fourth-order valence-electron chi connectivity index (χ4n) is 1.50. The molecule has 0 N–H and O–H groups in total. The highest BCUT2D eigenvalue weighted by Crippen LogP contribution is 2.17. The molecule has 0 aliphatic carbocycles. The van der Waals surface area contributed by atoms with Gasteiger partial charge in [-0.25, -0.2) is 4.98 Å². The number of aromatic nitrogens is 2. The van der Waals surface area contributed by atoms with Gasteiger partial charge in [0.25, 0.3) is 0 Å². The average molecular weight is 237 g/mol. The van der Waals surface area contributed by atoms with Gasteiger partial charge in [0, 0.05) is 12.2 Å². The van der Waals surface area contributed by atoms with Gasteiger partial charge in [0.1, 0.15) is 6.54 Å². The highest BCUT2D eigenvalue weighted by Gasteiger charge is 2.18. The minimum Gasteiger partial charge on any atom is -0.468 e. The Morgan fingerprint density at radius 1 is 1.47 bits per heavy atom. The number of hydrogen-bond donors (Lipinski definition) is 0. The number of aryl methyl sites for hydroxylation is 2. The first kappa shape index (κ1) is 13.4. The van der Waals surface area contributed by atoms with Crippen LogP contribution in [0.4, 0.5) is 5.82 Å². The molecule has 94 valence electrons. The standard InChI is InChI=1S/C12H19N3O2/c1-8(2)15(7-11(16)17-5)12-10(4)13-6-9(3)14-12/h6,8H,7H2,1-5H3. The molecule has 1 aromatic rings. The Morgan fingerprint density at radius 2 is 2.12 bits per heavy atom. The van der Waals surface area contributed by atoms with Crippen LogP contribution in [0.5, 0.6) is 0 Å². The van der Waals surface area contributed by atoms with Crippen LogP contribution >= 0.6 is 0 Å². The van der Waals surface area contributed by atoms with Gasteiger partial charge in [0.15, 0.2) is 5.82 Å². The molecule has 0 amide bonds.